The standard InChI is InChI=1S/C20H27N3O3/c1-13(2)19-21-20(22-26-19)23-10-6-8-16(12-23)18(24)15-7-5-9-17(11-15)25-14(3)4/h5,7,9,11,13-14,16H,6,8,10,12H2,1-4H3/t16-/m1/s1. The van der Waals surface area contributed by atoms with E-state index in [-0.39, 0.29) is 23.7 Å². The predicted molar refractivity (Wildman–Crippen MR) is 99.9 cm³/mol. The summed E-state index contributed by atoms with van der Waals surface area (Å²) in [6, 6.07) is 7.46. The van der Waals surface area contributed by atoms with Crippen LogP contribution in [-0.4, -0.2) is 35.1 Å². The van der Waals surface area contributed by atoms with E-state index in [0.29, 0.717) is 23.9 Å². The summed E-state index contributed by atoms with van der Waals surface area (Å²) in [5.74, 6) is 2.23. The smallest absolute Gasteiger partial charge is 0.266 e. The monoisotopic (exact) mass is 357 g/mol. The summed E-state index contributed by atoms with van der Waals surface area (Å²) in [4.78, 5) is 19.5. The Kier molecular flexibility index (Phi) is 5.59. The molecule has 1 aromatic heterocycles. The van der Waals surface area contributed by atoms with Gasteiger partial charge >= 0.3 is 0 Å². The molecule has 0 saturated carbocycles. The van der Waals surface area contributed by atoms with E-state index >= 15 is 0 Å². The molecule has 0 N–H and O–H groups in total. The van der Waals surface area contributed by atoms with Gasteiger partial charge in [-0.1, -0.05) is 26.0 Å². The molecule has 0 bridgehead atoms. The molecule has 1 atom stereocenters. The van der Waals surface area contributed by atoms with E-state index in [4.69, 9.17) is 9.26 Å². The van der Waals surface area contributed by atoms with Crippen molar-refractivity contribution in [2.24, 2.45) is 5.92 Å². The minimum absolute atomic E-state index is 0.0703. The van der Waals surface area contributed by atoms with Gasteiger partial charge in [0.1, 0.15) is 5.75 Å². The summed E-state index contributed by atoms with van der Waals surface area (Å²) in [5, 5.41) is 4.08. The molecule has 1 aliphatic rings. The Hall–Kier alpha value is -2.37. The summed E-state index contributed by atoms with van der Waals surface area (Å²) < 4.78 is 11.0. The van der Waals surface area contributed by atoms with Crippen molar-refractivity contribution in [2.75, 3.05) is 18.0 Å². The van der Waals surface area contributed by atoms with Gasteiger partial charge in [-0.25, -0.2) is 0 Å². The van der Waals surface area contributed by atoms with Crippen molar-refractivity contribution in [1.82, 2.24) is 10.1 Å². The Morgan fingerprint density at radius 2 is 2.12 bits per heavy atom. The van der Waals surface area contributed by atoms with Crippen molar-refractivity contribution in [1.29, 1.82) is 0 Å². The quantitative estimate of drug-likeness (QED) is 0.726. The highest BCUT2D eigenvalue weighted by molar-refractivity contribution is 5.98. The first-order chi connectivity index (χ1) is 12.4. The van der Waals surface area contributed by atoms with Gasteiger partial charge in [0.25, 0.3) is 5.95 Å². The van der Waals surface area contributed by atoms with Crippen LogP contribution in [0.2, 0.25) is 0 Å². The van der Waals surface area contributed by atoms with Crippen molar-refractivity contribution in [3.63, 3.8) is 0 Å². The van der Waals surface area contributed by atoms with Crippen molar-refractivity contribution in [2.45, 2.75) is 52.6 Å². The Balaban J connectivity index is 1.71. The highest BCUT2D eigenvalue weighted by atomic mass is 16.5. The maximum atomic E-state index is 13.0. The molecule has 1 saturated heterocycles. The number of hydrogen-bond donors (Lipinski definition) is 0. The van der Waals surface area contributed by atoms with Crippen LogP contribution in [0.15, 0.2) is 28.8 Å². The number of ketones is 1. The van der Waals surface area contributed by atoms with Crippen LogP contribution >= 0.6 is 0 Å². The average molecular weight is 357 g/mol. The first-order valence-electron chi connectivity index (χ1n) is 9.33. The molecule has 0 spiro atoms. The highest BCUT2D eigenvalue weighted by Crippen LogP contribution is 2.26. The molecule has 0 amide bonds. The highest BCUT2D eigenvalue weighted by Gasteiger charge is 2.29. The number of carbonyl (C=O) groups excluding carboxylic acids is 1. The van der Waals surface area contributed by atoms with Crippen LogP contribution in [0.5, 0.6) is 5.75 Å². The molecule has 2 aromatic rings. The Morgan fingerprint density at radius 1 is 1.31 bits per heavy atom. The first-order valence-corrected chi connectivity index (χ1v) is 9.33. The van der Waals surface area contributed by atoms with Gasteiger partial charge in [-0.2, -0.15) is 4.98 Å². The molecule has 1 aromatic carbocycles. The number of ether oxygens (including phenoxy) is 1. The summed E-state index contributed by atoms with van der Waals surface area (Å²) >= 11 is 0. The lowest BCUT2D eigenvalue weighted by atomic mass is 9.90. The predicted octanol–water partition coefficient (Wildman–Crippen LogP) is 4.08. The van der Waals surface area contributed by atoms with E-state index < -0.39 is 0 Å². The van der Waals surface area contributed by atoms with Crippen molar-refractivity contribution < 1.29 is 14.1 Å². The van der Waals surface area contributed by atoms with E-state index in [0.717, 1.165) is 25.1 Å². The average Bonchev–Trinajstić information content (AvgIpc) is 3.11. The van der Waals surface area contributed by atoms with Gasteiger partial charge in [0.15, 0.2) is 5.78 Å². The Morgan fingerprint density at radius 3 is 2.81 bits per heavy atom. The number of piperidine rings is 1. The third-order valence-corrected chi connectivity index (χ3v) is 4.49. The number of Topliss-reactive ketones (excluding diaryl/α,β-unsaturated/α-hetero) is 1. The van der Waals surface area contributed by atoms with Crippen LogP contribution in [0.25, 0.3) is 0 Å². The SMILES string of the molecule is CC(C)Oc1cccc(C(=O)[C@@H]2CCCN(c3noc(C(C)C)n3)C2)c1. The van der Waals surface area contributed by atoms with Crippen LogP contribution in [0.3, 0.4) is 0 Å². The number of rotatable bonds is 6. The first kappa shape index (κ1) is 18.4. The Bertz CT molecular complexity index is 754. The summed E-state index contributed by atoms with van der Waals surface area (Å²) in [6.07, 6.45) is 1.89. The molecule has 0 radical (unpaired) electrons. The largest absolute Gasteiger partial charge is 0.491 e. The fourth-order valence-corrected chi connectivity index (χ4v) is 3.19. The number of aromatic nitrogens is 2. The molecule has 26 heavy (non-hydrogen) atoms. The summed E-state index contributed by atoms with van der Waals surface area (Å²) in [6.45, 7) is 9.45. The molecule has 1 fully saturated rings. The molecule has 3 rings (SSSR count). The molecule has 0 unspecified atom stereocenters. The third kappa shape index (κ3) is 4.23. The molecule has 1 aliphatic heterocycles. The zero-order valence-corrected chi connectivity index (χ0v) is 15.9. The molecule has 6 heteroatoms. The van der Waals surface area contributed by atoms with E-state index in [1.165, 1.54) is 0 Å². The molecular formula is C20H27N3O3. The van der Waals surface area contributed by atoms with E-state index in [1.54, 1.807) is 0 Å². The number of carbonyl (C=O) groups is 1. The normalized spacial score (nSPS) is 17.8. The lowest BCUT2D eigenvalue weighted by Crippen LogP contribution is -2.39. The molecule has 2 heterocycles. The number of nitrogens with zero attached hydrogens (tertiary/aromatic N) is 3. The zero-order valence-electron chi connectivity index (χ0n) is 15.9. The second kappa shape index (κ2) is 7.89. The lowest BCUT2D eigenvalue weighted by molar-refractivity contribution is 0.0906. The van der Waals surface area contributed by atoms with Crippen LogP contribution in [0.4, 0.5) is 5.95 Å². The summed E-state index contributed by atoms with van der Waals surface area (Å²) in [7, 11) is 0. The van der Waals surface area contributed by atoms with Crippen molar-refractivity contribution in [3.05, 3.63) is 35.7 Å². The molecular weight excluding hydrogens is 330 g/mol. The molecule has 0 aliphatic carbocycles. The molecule has 140 valence electrons. The van der Waals surface area contributed by atoms with E-state index in [1.807, 2.05) is 52.0 Å². The maximum Gasteiger partial charge on any atom is 0.266 e. The number of anilines is 1. The van der Waals surface area contributed by atoms with Crippen LogP contribution in [0, 0.1) is 5.92 Å². The van der Waals surface area contributed by atoms with Gasteiger partial charge in [0.2, 0.25) is 5.89 Å². The number of hydrogen-bond acceptors (Lipinski definition) is 6. The fraction of sp³-hybridized carbons (Fsp3) is 0.550. The van der Waals surface area contributed by atoms with E-state index in [2.05, 4.69) is 15.0 Å². The van der Waals surface area contributed by atoms with Crippen molar-refractivity contribution >= 4 is 11.7 Å². The van der Waals surface area contributed by atoms with E-state index in [9.17, 15) is 4.79 Å². The van der Waals surface area contributed by atoms with Gasteiger partial charge in [0, 0.05) is 30.5 Å². The zero-order chi connectivity index (χ0) is 18.7. The minimum atomic E-state index is -0.0703. The maximum absolute atomic E-state index is 13.0. The lowest BCUT2D eigenvalue weighted by Gasteiger charge is -2.30. The van der Waals surface area contributed by atoms with Gasteiger partial charge < -0.3 is 14.2 Å². The van der Waals surface area contributed by atoms with Gasteiger partial charge in [-0.15, -0.1) is 0 Å². The van der Waals surface area contributed by atoms with Crippen molar-refractivity contribution in [3.8, 4) is 5.75 Å². The van der Waals surface area contributed by atoms with Crippen LogP contribution in [-0.2, 0) is 0 Å². The van der Waals surface area contributed by atoms with Gasteiger partial charge in [-0.3, -0.25) is 4.79 Å². The van der Waals surface area contributed by atoms with Gasteiger partial charge in [-0.05, 0) is 44.0 Å². The topological polar surface area (TPSA) is 68.5 Å². The van der Waals surface area contributed by atoms with Gasteiger partial charge in [0.05, 0.1) is 6.10 Å². The summed E-state index contributed by atoms with van der Waals surface area (Å²) in [5.41, 5.74) is 0.700. The number of benzene rings is 1. The molecule has 6 nitrogen and oxygen atoms in total. The second-order valence-corrected chi connectivity index (χ2v) is 7.43. The second-order valence-electron chi connectivity index (χ2n) is 7.43. The minimum Gasteiger partial charge on any atom is -0.491 e. The van der Waals surface area contributed by atoms with Crippen LogP contribution < -0.4 is 9.64 Å². The Labute approximate surface area is 154 Å². The van der Waals surface area contributed by atoms with Crippen LogP contribution in [0.1, 0.15) is 62.7 Å². The third-order valence-electron chi connectivity index (χ3n) is 4.49. The fourth-order valence-electron chi connectivity index (χ4n) is 3.19.